The van der Waals surface area contributed by atoms with E-state index in [2.05, 4.69) is 25.5 Å². The molecule has 0 unspecified atom stereocenters. The largest absolute Gasteiger partial charge is 0.462 e. The van der Waals surface area contributed by atoms with Gasteiger partial charge in [0.1, 0.15) is 0 Å². The third-order valence-electron chi connectivity index (χ3n) is 6.42. The quantitative estimate of drug-likeness (QED) is 0.392. The minimum atomic E-state index is -0.327. The molecule has 0 spiro atoms. The fourth-order valence-electron chi connectivity index (χ4n) is 4.43. The SMILES string of the molecule is CCOC(=O)c1cccc2nc(N3CC[C@H](NC(=O)c4nc(Cl)c(CC)[nH]4)[C@H](NC4CC4)C3)sc12. The Morgan fingerprint density at radius 3 is 2.77 bits per heavy atom. The highest BCUT2D eigenvalue weighted by atomic mass is 35.5. The van der Waals surface area contributed by atoms with E-state index in [4.69, 9.17) is 21.3 Å². The number of thiazole rings is 1. The van der Waals surface area contributed by atoms with Gasteiger partial charge in [-0.2, -0.15) is 0 Å². The molecule has 1 aromatic carbocycles. The van der Waals surface area contributed by atoms with Gasteiger partial charge in [-0.05, 0) is 44.7 Å². The number of carbonyl (C=O) groups is 2. The maximum atomic E-state index is 12.9. The van der Waals surface area contributed by atoms with Crippen molar-refractivity contribution in [2.24, 2.45) is 0 Å². The molecule has 1 aliphatic heterocycles. The van der Waals surface area contributed by atoms with Gasteiger partial charge in [0.15, 0.2) is 16.1 Å². The van der Waals surface area contributed by atoms with Gasteiger partial charge in [0.25, 0.3) is 5.91 Å². The van der Waals surface area contributed by atoms with Crippen LogP contribution in [0.15, 0.2) is 18.2 Å². The van der Waals surface area contributed by atoms with Crippen molar-refractivity contribution in [1.29, 1.82) is 0 Å². The summed E-state index contributed by atoms with van der Waals surface area (Å²) in [7, 11) is 0. The van der Waals surface area contributed by atoms with Crippen LogP contribution in [0.1, 0.15) is 59.8 Å². The number of esters is 1. The number of amides is 1. The molecule has 3 aromatic rings. The maximum Gasteiger partial charge on any atom is 0.339 e. The first-order valence-electron chi connectivity index (χ1n) is 12.1. The number of hydrogen-bond acceptors (Lipinski definition) is 8. The molecule has 2 aromatic heterocycles. The molecule has 9 nitrogen and oxygen atoms in total. The van der Waals surface area contributed by atoms with Gasteiger partial charge >= 0.3 is 5.97 Å². The summed E-state index contributed by atoms with van der Waals surface area (Å²) in [6.07, 6.45) is 3.74. The summed E-state index contributed by atoms with van der Waals surface area (Å²) >= 11 is 7.64. The number of nitrogens with one attached hydrogen (secondary N) is 3. The zero-order chi connectivity index (χ0) is 24.5. The van der Waals surface area contributed by atoms with Crippen LogP contribution in [0, 0.1) is 0 Å². The molecular formula is C24H29ClN6O3S. The van der Waals surface area contributed by atoms with Crippen LogP contribution in [0.5, 0.6) is 0 Å². The number of rotatable bonds is 8. The van der Waals surface area contributed by atoms with E-state index in [1.54, 1.807) is 13.0 Å². The number of anilines is 1. The number of ether oxygens (including phenoxy) is 1. The molecule has 3 heterocycles. The van der Waals surface area contributed by atoms with E-state index >= 15 is 0 Å². The van der Waals surface area contributed by atoms with Crippen molar-refractivity contribution >= 4 is 50.2 Å². The smallest absolute Gasteiger partial charge is 0.339 e. The third-order valence-corrected chi connectivity index (χ3v) is 7.90. The monoisotopic (exact) mass is 516 g/mol. The van der Waals surface area contributed by atoms with E-state index in [-0.39, 0.29) is 29.8 Å². The van der Waals surface area contributed by atoms with Crippen LogP contribution in [0.25, 0.3) is 10.2 Å². The lowest BCUT2D eigenvalue weighted by molar-refractivity contribution is 0.0528. The van der Waals surface area contributed by atoms with Crippen molar-refractivity contribution in [3.8, 4) is 0 Å². The average molecular weight is 517 g/mol. The lowest BCUT2D eigenvalue weighted by Crippen LogP contribution is -2.60. The fraction of sp³-hybridized carbons (Fsp3) is 0.500. The first-order valence-corrected chi connectivity index (χ1v) is 13.3. The normalized spacial score (nSPS) is 20.3. The van der Waals surface area contributed by atoms with Crippen LogP contribution < -0.4 is 15.5 Å². The average Bonchev–Trinajstić information content (AvgIpc) is 3.42. The molecule has 186 valence electrons. The Bertz CT molecular complexity index is 1240. The Hall–Kier alpha value is -2.69. The first-order chi connectivity index (χ1) is 17.0. The van der Waals surface area contributed by atoms with Crippen molar-refractivity contribution in [3.05, 3.63) is 40.4 Å². The number of aryl methyl sites for hydroxylation is 1. The molecule has 11 heteroatoms. The van der Waals surface area contributed by atoms with Gasteiger partial charge in [0.05, 0.1) is 28.1 Å². The van der Waals surface area contributed by atoms with Crippen molar-refractivity contribution < 1.29 is 14.3 Å². The van der Waals surface area contributed by atoms with Gasteiger partial charge < -0.3 is 25.3 Å². The summed E-state index contributed by atoms with van der Waals surface area (Å²) in [5, 5.41) is 8.07. The fourth-order valence-corrected chi connectivity index (χ4v) is 5.80. The Kier molecular flexibility index (Phi) is 6.95. The van der Waals surface area contributed by atoms with Crippen molar-refractivity contribution in [2.45, 2.75) is 57.7 Å². The zero-order valence-corrected chi connectivity index (χ0v) is 21.3. The zero-order valence-electron chi connectivity index (χ0n) is 19.8. The molecule has 1 aliphatic carbocycles. The van der Waals surface area contributed by atoms with Crippen LogP contribution in [-0.4, -0.2) is 64.7 Å². The highest BCUT2D eigenvalue weighted by molar-refractivity contribution is 7.22. The number of H-pyrrole nitrogens is 1. The summed E-state index contributed by atoms with van der Waals surface area (Å²) in [6.45, 7) is 5.54. The molecule has 1 saturated carbocycles. The Morgan fingerprint density at radius 2 is 2.06 bits per heavy atom. The number of imidazole rings is 1. The molecule has 1 amide bonds. The minimum Gasteiger partial charge on any atom is -0.462 e. The lowest BCUT2D eigenvalue weighted by Gasteiger charge is -2.39. The number of hydrogen-bond donors (Lipinski definition) is 3. The predicted octanol–water partition coefficient (Wildman–Crippen LogP) is 3.54. The summed E-state index contributed by atoms with van der Waals surface area (Å²) in [5.74, 6) is -0.323. The van der Waals surface area contributed by atoms with E-state index in [9.17, 15) is 9.59 Å². The second kappa shape index (κ2) is 10.1. The molecule has 0 bridgehead atoms. The van der Waals surface area contributed by atoms with Gasteiger partial charge in [-0.15, -0.1) is 0 Å². The second-order valence-corrected chi connectivity index (χ2v) is 10.3. The number of aromatic nitrogens is 3. The van der Waals surface area contributed by atoms with Crippen LogP contribution in [0.3, 0.4) is 0 Å². The summed E-state index contributed by atoms with van der Waals surface area (Å²) in [4.78, 5) is 39.6. The highest BCUT2D eigenvalue weighted by Gasteiger charge is 2.36. The number of carbonyl (C=O) groups excluding carboxylic acids is 2. The Morgan fingerprint density at radius 1 is 1.23 bits per heavy atom. The Labute approximate surface area is 212 Å². The van der Waals surface area contributed by atoms with E-state index in [0.29, 0.717) is 36.3 Å². The molecule has 3 N–H and O–H groups in total. The predicted molar refractivity (Wildman–Crippen MR) is 137 cm³/mol. The number of aromatic amines is 1. The van der Waals surface area contributed by atoms with Gasteiger partial charge in [0, 0.05) is 31.2 Å². The molecule has 2 aliphatic rings. The summed E-state index contributed by atoms with van der Waals surface area (Å²) < 4.78 is 6.06. The van der Waals surface area contributed by atoms with E-state index < -0.39 is 0 Å². The minimum absolute atomic E-state index is 0.0437. The first kappa shape index (κ1) is 24.0. The van der Waals surface area contributed by atoms with Gasteiger partial charge in [-0.25, -0.2) is 14.8 Å². The number of piperidine rings is 1. The number of fused-ring (bicyclic) bond motifs is 1. The van der Waals surface area contributed by atoms with Gasteiger partial charge in [-0.1, -0.05) is 35.9 Å². The van der Waals surface area contributed by atoms with Crippen LogP contribution >= 0.6 is 22.9 Å². The van der Waals surface area contributed by atoms with Crippen LogP contribution in [0.4, 0.5) is 5.13 Å². The number of nitrogens with zero attached hydrogens (tertiary/aromatic N) is 3. The Balaban J connectivity index is 1.33. The van der Waals surface area contributed by atoms with E-state index in [0.717, 1.165) is 46.8 Å². The number of benzene rings is 1. The second-order valence-electron chi connectivity index (χ2n) is 8.94. The molecule has 5 rings (SSSR count). The molecule has 2 fully saturated rings. The standard InChI is InChI=1S/C24H29ClN6O3S/c1-3-15-20(25)30-21(27-15)22(32)28-16-10-11-31(12-18(16)26-13-8-9-13)24-29-17-7-5-6-14(19(17)35-24)23(33)34-4-2/h5-7,13,16,18,26H,3-4,8-12H2,1-2H3,(H,27,30)(H,28,32)/t16-,18+/m0/s1. The highest BCUT2D eigenvalue weighted by Crippen LogP contribution is 2.34. The third kappa shape index (κ3) is 5.14. The molecule has 2 atom stereocenters. The molecular weight excluding hydrogens is 488 g/mol. The molecule has 0 radical (unpaired) electrons. The lowest BCUT2D eigenvalue weighted by atomic mass is 9.99. The van der Waals surface area contributed by atoms with Gasteiger partial charge in [-0.3, -0.25) is 4.79 Å². The maximum absolute atomic E-state index is 12.9. The van der Waals surface area contributed by atoms with Crippen LogP contribution in [0.2, 0.25) is 5.15 Å². The summed E-state index contributed by atoms with van der Waals surface area (Å²) in [5.41, 5.74) is 2.10. The van der Waals surface area contributed by atoms with E-state index in [1.807, 2.05) is 19.1 Å². The topological polar surface area (TPSA) is 112 Å². The van der Waals surface area contributed by atoms with Crippen molar-refractivity contribution in [3.63, 3.8) is 0 Å². The number of halogens is 1. The van der Waals surface area contributed by atoms with Crippen molar-refractivity contribution in [2.75, 3.05) is 24.6 Å². The molecule has 35 heavy (non-hydrogen) atoms. The van der Waals surface area contributed by atoms with Gasteiger partial charge in [0.2, 0.25) is 0 Å². The van der Waals surface area contributed by atoms with Crippen LogP contribution in [-0.2, 0) is 11.2 Å². The van der Waals surface area contributed by atoms with Crippen molar-refractivity contribution in [1.82, 2.24) is 25.6 Å². The summed E-state index contributed by atoms with van der Waals surface area (Å²) in [6, 6.07) is 6.04. The molecule has 1 saturated heterocycles. The van der Waals surface area contributed by atoms with E-state index in [1.165, 1.54) is 11.3 Å².